The number of benzene rings is 2. The van der Waals surface area contributed by atoms with Gasteiger partial charge in [-0.1, -0.05) is 55.3 Å². The first-order chi connectivity index (χ1) is 15.5. The third-order valence-corrected chi connectivity index (χ3v) is 5.63. The third kappa shape index (κ3) is 7.24. The molecule has 0 bridgehead atoms. The van der Waals surface area contributed by atoms with Crippen LogP contribution in [0.1, 0.15) is 56.6 Å². The quantitative estimate of drug-likeness (QED) is 0.357. The van der Waals surface area contributed by atoms with Crippen molar-refractivity contribution in [3.05, 3.63) is 72.3 Å². The Hall–Kier alpha value is -3.12. The minimum atomic E-state index is -0.762. The summed E-state index contributed by atoms with van der Waals surface area (Å²) in [7, 11) is 0. The highest BCUT2D eigenvalue weighted by atomic mass is 16.5. The van der Waals surface area contributed by atoms with Crippen LogP contribution in [0.3, 0.4) is 0 Å². The number of carboxylic acids is 1. The van der Waals surface area contributed by atoms with Crippen molar-refractivity contribution >= 4 is 11.9 Å². The van der Waals surface area contributed by atoms with Gasteiger partial charge in [0.25, 0.3) is 0 Å². The summed E-state index contributed by atoms with van der Waals surface area (Å²) < 4.78 is 5.78. The zero-order valence-corrected chi connectivity index (χ0v) is 18.2. The number of aliphatic carboxylic acids is 1. The van der Waals surface area contributed by atoms with Crippen LogP contribution in [0.5, 0.6) is 11.5 Å². The fraction of sp³-hybridized carbons (Fsp3) is 0.385. The van der Waals surface area contributed by atoms with Crippen LogP contribution in [-0.4, -0.2) is 39.6 Å². The predicted octanol–water partition coefficient (Wildman–Crippen LogP) is 5.09. The van der Waals surface area contributed by atoms with E-state index >= 15 is 0 Å². The highest BCUT2D eigenvalue weighted by molar-refractivity contribution is 5.79. The van der Waals surface area contributed by atoms with Crippen molar-refractivity contribution < 1.29 is 24.5 Å². The summed E-state index contributed by atoms with van der Waals surface area (Å²) in [5, 5.41) is 19.2. The SMILES string of the molecule is O=C(O)CCCCCCN1C(=O)CC[C@@H]1/C=C/C(O)c1ccc(Oc2ccccc2)cc1. The molecule has 0 aromatic heterocycles. The van der Waals surface area contributed by atoms with E-state index in [0.717, 1.165) is 37.0 Å². The Balaban J connectivity index is 1.48. The molecule has 170 valence electrons. The third-order valence-electron chi connectivity index (χ3n) is 5.63. The summed E-state index contributed by atoms with van der Waals surface area (Å²) in [5.41, 5.74) is 0.760. The molecule has 2 aromatic rings. The summed E-state index contributed by atoms with van der Waals surface area (Å²) >= 11 is 0. The van der Waals surface area contributed by atoms with E-state index in [1.54, 1.807) is 6.08 Å². The summed E-state index contributed by atoms with van der Waals surface area (Å²) in [6.45, 7) is 0.669. The number of hydrogen-bond acceptors (Lipinski definition) is 4. The Morgan fingerprint density at radius 3 is 2.44 bits per heavy atom. The molecule has 1 unspecified atom stereocenters. The molecule has 2 aromatic carbocycles. The molecular formula is C26H31NO5. The van der Waals surface area contributed by atoms with Crippen LogP contribution in [0.2, 0.25) is 0 Å². The molecule has 0 spiro atoms. The number of amides is 1. The van der Waals surface area contributed by atoms with Gasteiger partial charge in [0, 0.05) is 19.4 Å². The van der Waals surface area contributed by atoms with E-state index in [-0.39, 0.29) is 18.4 Å². The van der Waals surface area contributed by atoms with E-state index in [0.29, 0.717) is 25.1 Å². The lowest BCUT2D eigenvalue weighted by molar-refractivity contribution is -0.137. The van der Waals surface area contributed by atoms with E-state index in [9.17, 15) is 14.7 Å². The zero-order valence-electron chi connectivity index (χ0n) is 18.2. The molecule has 2 atom stereocenters. The number of para-hydroxylation sites is 1. The van der Waals surface area contributed by atoms with Crippen LogP contribution in [0.15, 0.2) is 66.7 Å². The summed E-state index contributed by atoms with van der Waals surface area (Å²) in [5.74, 6) is 0.838. The van der Waals surface area contributed by atoms with E-state index in [4.69, 9.17) is 9.84 Å². The van der Waals surface area contributed by atoms with Gasteiger partial charge in [-0.3, -0.25) is 9.59 Å². The molecule has 1 aliphatic heterocycles. The topological polar surface area (TPSA) is 87.1 Å². The number of carboxylic acid groups (broad SMARTS) is 1. The lowest BCUT2D eigenvalue weighted by Crippen LogP contribution is -2.32. The van der Waals surface area contributed by atoms with Crippen LogP contribution < -0.4 is 4.74 Å². The van der Waals surface area contributed by atoms with Crippen molar-refractivity contribution in [1.82, 2.24) is 4.90 Å². The Bertz CT molecular complexity index is 894. The number of likely N-dealkylation sites (tertiary alicyclic amines) is 1. The molecule has 0 aliphatic carbocycles. The number of unbranched alkanes of at least 4 members (excludes halogenated alkanes) is 3. The number of carbonyl (C=O) groups is 2. The Morgan fingerprint density at radius 2 is 1.72 bits per heavy atom. The van der Waals surface area contributed by atoms with Gasteiger partial charge in [-0.05, 0) is 49.1 Å². The first-order valence-corrected chi connectivity index (χ1v) is 11.2. The highest BCUT2D eigenvalue weighted by Gasteiger charge is 2.28. The molecule has 6 heteroatoms. The Morgan fingerprint density at radius 1 is 1.03 bits per heavy atom. The van der Waals surface area contributed by atoms with Gasteiger partial charge in [0.15, 0.2) is 0 Å². The second kappa shape index (κ2) is 12.1. The van der Waals surface area contributed by atoms with Gasteiger partial charge in [0.2, 0.25) is 5.91 Å². The molecule has 1 aliphatic rings. The summed E-state index contributed by atoms with van der Waals surface area (Å²) in [4.78, 5) is 24.7. The van der Waals surface area contributed by atoms with Crippen molar-refractivity contribution in [1.29, 1.82) is 0 Å². The molecule has 0 saturated carbocycles. The maximum Gasteiger partial charge on any atom is 0.303 e. The van der Waals surface area contributed by atoms with Crippen LogP contribution in [0.4, 0.5) is 0 Å². The van der Waals surface area contributed by atoms with E-state index in [1.807, 2.05) is 65.6 Å². The minimum Gasteiger partial charge on any atom is -0.481 e. The monoisotopic (exact) mass is 437 g/mol. The maximum absolute atomic E-state index is 12.2. The van der Waals surface area contributed by atoms with E-state index in [2.05, 4.69) is 0 Å². The van der Waals surface area contributed by atoms with Crippen LogP contribution in [-0.2, 0) is 9.59 Å². The van der Waals surface area contributed by atoms with Crippen molar-refractivity contribution in [3.8, 4) is 11.5 Å². The fourth-order valence-electron chi connectivity index (χ4n) is 3.86. The van der Waals surface area contributed by atoms with E-state index < -0.39 is 12.1 Å². The molecule has 1 fully saturated rings. The predicted molar refractivity (Wildman–Crippen MR) is 123 cm³/mol. The van der Waals surface area contributed by atoms with Crippen LogP contribution >= 0.6 is 0 Å². The Kier molecular flexibility index (Phi) is 8.87. The molecule has 1 saturated heterocycles. The number of aliphatic hydroxyl groups is 1. The second-order valence-electron chi connectivity index (χ2n) is 8.06. The lowest BCUT2D eigenvalue weighted by Gasteiger charge is -2.22. The average molecular weight is 438 g/mol. The fourth-order valence-corrected chi connectivity index (χ4v) is 3.86. The number of hydrogen-bond donors (Lipinski definition) is 2. The van der Waals surface area contributed by atoms with Gasteiger partial charge >= 0.3 is 5.97 Å². The smallest absolute Gasteiger partial charge is 0.303 e. The second-order valence-corrected chi connectivity index (χ2v) is 8.06. The van der Waals surface area contributed by atoms with Crippen molar-refractivity contribution in [2.45, 2.75) is 57.1 Å². The molecule has 0 radical (unpaired) electrons. The minimum absolute atomic E-state index is 0.00291. The number of carbonyl (C=O) groups excluding carboxylic acids is 1. The standard InChI is InChI=1S/C26H31NO5/c28-24(20-11-15-23(16-12-20)32-22-8-4-3-5-9-22)17-13-21-14-18-25(29)27(21)19-7-2-1-6-10-26(30)31/h3-5,8-9,11-13,15-17,21,24,28H,1-2,6-7,10,14,18-19H2,(H,30,31)/b17-13+/t21-,24?/m0/s1. The summed E-state index contributed by atoms with van der Waals surface area (Å²) in [6, 6.07) is 16.8. The highest BCUT2D eigenvalue weighted by Crippen LogP contribution is 2.25. The van der Waals surface area contributed by atoms with Crippen LogP contribution in [0, 0.1) is 0 Å². The number of ether oxygens (including phenoxy) is 1. The van der Waals surface area contributed by atoms with Crippen molar-refractivity contribution in [2.24, 2.45) is 0 Å². The van der Waals surface area contributed by atoms with Gasteiger partial charge in [0.1, 0.15) is 11.5 Å². The molecule has 1 amide bonds. The number of rotatable bonds is 12. The number of nitrogens with zero attached hydrogens (tertiary/aromatic N) is 1. The van der Waals surface area contributed by atoms with E-state index in [1.165, 1.54) is 0 Å². The molecule has 6 nitrogen and oxygen atoms in total. The van der Waals surface area contributed by atoms with Gasteiger partial charge in [0.05, 0.1) is 12.1 Å². The normalized spacial score (nSPS) is 17.1. The largest absolute Gasteiger partial charge is 0.481 e. The molecule has 2 N–H and O–H groups in total. The molecule has 32 heavy (non-hydrogen) atoms. The van der Waals surface area contributed by atoms with Gasteiger partial charge in [-0.2, -0.15) is 0 Å². The molecular weight excluding hydrogens is 406 g/mol. The maximum atomic E-state index is 12.2. The summed E-state index contributed by atoms with van der Waals surface area (Å²) in [6.07, 6.45) is 7.70. The van der Waals surface area contributed by atoms with Crippen LogP contribution in [0.25, 0.3) is 0 Å². The number of aliphatic hydroxyl groups excluding tert-OH is 1. The van der Waals surface area contributed by atoms with Crippen molar-refractivity contribution in [3.63, 3.8) is 0 Å². The molecule has 1 heterocycles. The zero-order chi connectivity index (χ0) is 22.8. The Labute approximate surface area is 189 Å². The first kappa shape index (κ1) is 23.5. The van der Waals surface area contributed by atoms with Gasteiger partial charge < -0.3 is 19.8 Å². The molecule has 3 rings (SSSR count). The van der Waals surface area contributed by atoms with Gasteiger partial charge in [-0.15, -0.1) is 0 Å². The average Bonchev–Trinajstić information content (AvgIpc) is 3.15. The van der Waals surface area contributed by atoms with Crippen molar-refractivity contribution in [2.75, 3.05) is 6.54 Å². The lowest BCUT2D eigenvalue weighted by atomic mass is 10.1. The first-order valence-electron chi connectivity index (χ1n) is 11.2. The van der Waals surface area contributed by atoms with Gasteiger partial charge in [-0.25, -0.2) is 0 Å².